The number of carbonyl (C=O) groups is 1. The number of amides is 1. The number of aryl methyl sites for hydroxylation is 1. The third kappa shape index (κ3) is 3.48. The van der Waals surface area contributed by atoms with Crippen LogP contribution < -0.4 is 5.32 Å². The Bertz CT molecular complexity index is 1090. The maximum absolute atomic E-state index is 12.8. The van der Waals surface area contributed by atoms with Crippen molar-refractivity contribution >= 4 is 32.4 Å². The van der Waals surface area contributed by atoms with Gasteiger partial charge in [0.05, 0.1) is 12.2 Å². The van der Waals surface area contributed by atoms with Crippen LogP contribution in [0.25, 0.3) is 0 Å². The van der Waals surface area contributed by atoms with Gasteiger partial charge in [0.15, 0.2) is 10.8 Å². The van der Waals surface area contributed by atoms with Gasteiger partial charge < -0.3 is 4.52 Å². The van der Waals surface area contributed by atoms with Crippen LogP contribution in [0.2, 0.25) is 0 Å². The standard InChI is InChI=1S/C16H15N5O4S2/c1-10-7-13(20-25-10)15(22)19-16-18-12-4-6-21(9-14(12)26-16)27(23,24)11-3-2-5-17-8-11/h2-3,5,7-8H,4,6,9H2,1H3,(H,18,19,22). The lowest BCUT2D eigenvalue weighted by Crippen LogP contribution is -2.35. The summed E-state index contributed by atoms with van der Waals surface area (Å²) in [5.74, 6) is 0.118. The van der Waals surface area contributed by atoms with Gasteiger partial charge >= 0.3 is 0 Å². The molecule has 0 saturated heterocycles. The van der Waals surface area contributed by atoms with Crippen molar-refractivity contribution in [3.8, 4) is 0 Å². The molecule has 0 fully saturated rings. The lowest BCUT2D eigenvalue weighted by atomic mass is 10.2. The Kier molecular flexibility index (Phi) is 4.50. The quantitative estimate of drug-likeness (QED) is 0.703. The van der Waals surface area contributed by atoms with Gasteiger partial charge in [0.1, 0.15) is 10.7 Å². The summed E-state index contributed by atoms with van der Waals surface area (Å²) in [5, 5.41) is 6.76. The Morgan fingerprint density at radius 1 is 1.41 bits per heavy atom. The van der Waals surface area contributed by atoms with Crippen molar-refractivity contribution in [1.29, 1.82) is 0 Å². The van der Waals surface area contributed by atoms with Crippen molar-refractivity contribution in [3.05, 3.63) is 52.6 Å². The molecular weight excluding hydrogens is 390 g/mol. The number of nitrogens with one attached hydrogen (secondary N) is 1. The molecule has 4 heterocycles. The largest absolute Gasteiger partial charge is 0.361 e. The van der Waals surface area contributed by atoms with Gasteiger partial charge in [-0.1, -0.05) is 5.16 Å². The van der Waals surface area contributed by atoms with Crippen molar-refractivity contribution in [2.75, 3.05) is 11.9 Å². The predicted octanol–water partition coefficient (Wildman–Crippen LogP) is 1.83. The van der Waals surface area contributed by atoms with Crippen LogP contribution in [-0.4, -0.2) is 40.3 Å². The molecule has 4 rings (SSSR count). The lowest BCUT2D eigenvalue weighted by molar-refractivity contribution is 0.101. The highest BCUT2D eigenvalue weighted by Gasteiger charge is 2.30. The molecule has 0 unspecified atom stereocenters. The van der Waals surface area contributed by atoms with Gasteiger partial charge in [-0.2, -0.15) is 4.31 Å². The number of hydrogen-bond acceptors (Lipinski definition) is 8. The average Bonchev–Trinajstić information content (AvgIpc) is 3.27. The predicted molar refractivity (Wildman–Crippen MR) is 96.8 cm³/mol. The summed E-state index contributed by atoms with van der Waals surface area (Å²) in [4.78, 5) is 21.4. The molecule has 0 spiro atoms. The fourth-order valence-corrected chi connectivity index (χ4v) is 5.19. The highest BCUT2D eigenvalue weighted by Crippen LogP contribution is 2.31. The van der Waals surface area contributed by atoms with Gasteiger partial charge in [-0.3, -0.25) is 15.1 Å². The number of fused-ring (bicyclic) bond motifs is 1. The van der Waals surface area contributed by atoms with Crippen LogP contribution in [0.4, 0.5) is 5.13 Å². The number of aromatic nitrogens is 3. The zero-order valence-electron chi connectivity index (χ0n) is 14.2. The fourth-order valence-electron chi connectivity index (χ4n) is 2.71. The first kappa shape index (κ1) is 17.8. The van der Waals surface area contributed by atoms with Crippen LogP contribution in [-0.2, 0) is 23.0 Å². The molecule has 27 heavy (non-hydrogen) atoms. The SMILES string of the molecule is Cc1cc(C(=O)Nc2nc3c(s2)CN(S(=O)(=O)c2cccnc2)CC3)no1. The van der Waals surface area contributed by atoms with E-state index in [1.807, 2.05) is 0 Å². The van der Waals surface area contributed by atoms with E-state index >= 15 is 0 Å². The summed E-state index contributed by atoms with van der Waals surface area (Å²) in [7, 11) is -3.62. The smallest absolute Gasteiger partial charge is 0.279 e. The monoisotopic (exact) mass is 405 g/mol. The second kappa shape index (κ2) is 6.83. The topological polar surface area (TPSA) is 118 Å². The molecule has 3 aromatic rings. The number of carbonyl (C=O) groups excluding carboxylic acids is 1. The Morgan fingerprint density at radius 2 is 2.26 bits per heavy atom. The first-order valence-corrected chi connectivity index (χ1v) is 10.3. The van der Waals surface area contributed by atoms with E-state index in [4.69, 9.17) is 4.52 Å². The van der Waals surface area contributed by atoms with Crippen LogP contribution >= 0.6 is 11.3 Å². The summed E-state index contributed by atoms with van der Waals surface area (Å²) in [6.45, 7) is 2.23. The number of rotatable bonds is 4. The number of pyridine rings is 1. The van der Waals surface area contributed by atoms with Crippen LogP contribution in [0.3, 0.4) is 0 Å². The van der Waals surface area contributed by atoms with E-state index in [-0.39, 0.29) is 17.1 Å². The molecule has 0 aliphatic carbocycles. The minimum Gasteiger partial charge on any atom is -0.361 e. The van der Waals surface area contributed by atoms with Crippen molar-refractivity contribution in [2.24, 2.45) is 0 Å². The van der Waals surface area contributed by atoms with E-state index in [0.717, 1.165) is 10.6 Å². The molecule has 1 aliphatic rings. The summed E-state index contributed by atoms with van der Waals surface area (Å²) in [5.41, 5.74) is 0.964. The van der Waals surface area contributed by atoms with E-state index in [2.05, 4.69) is 20.4 Å². The molecule has 1 amide bonds. The molecule has 0 radical (unpaired) electrons. The van der Waals surface area contributed by atoms with Crippen LogP contribution in [0.5, 0.6) is 0 Å². The molecular formula is C16H15N5O4S2. The van der Waals surface area contributed by atoms with Crippen molar-refractivity contribution in [1.82, 2.24) is 19.4 Å². The summed E-state index contributed by atoms with van der Waals surface area (Å²) >= 11 is 1.26. The molecule has 0 saturated carbocycles. The third-order valence-electron chi connectivity index (χ3n) is 4.05. The van der Waals surface area contributed by atoms with Gasteiger partial charge in [-0.25, -0.2) is 13.4 Å². The average molecular weight is 405 g/mol. The van der Waals surface area contributed by atoms with Gasteiger partial charge in [0, 0.05) is 36.3 Å². The summed E-state index contributed by atoms with van der Waals surface area (Å²) in [6, 6.07) is 4.65. The Hall–Kier alpha value is -2.63. The number of hydrogen-bond donors (Lipinski definition) is 1. The second-order valence-corrected chi connectivity index (χ2v) is 8.96. The molecule has 1 aliphatic heterocycles. The molecule has 11 heteroatoms. The van der Waals surface area contributed by atoms with E-state index in [1.165, 1.54) is 40.2 Å². The van der Waals surface area contributed by atoms with E-state index in [0.29, 0.717) is 23.9 Å². The Morgan fingerprint density at radius 3 is 2.96 bits per heavy atom. The number of sulfonamides is 1. The maximum atomic E-state index is 12.8. The van der Waals surface area contributed by atoms with E-state index in [1.54, 1.807) is 13.0 Å². The summed E-state index contributed by atoms with van der Waals surface area (Å²) < 4.78 is 31.8. The Balaban J connectivity index is 1.52. The molecule has 1 N–H and O–H groups in total. The minimum atomic E-state index is -3.62. The lowest BCUT2D eigenvalue weighted by Gasteiger charge is -2.25. The fraction of sp³-hybridized carbons (Fsp3) is 0.250. The number of thiazole rings is 1. The first-order valence-electron chi connectivity index (χ1n) is 8.07. The van der Waals surface area contributed by atoms with E-state index < -0.39 is 15.9 Å². The van der Waals surface area contributed by atoms with Gasteiger partial charge in [-0.15, -0.1) is 11.3 Å². The van der Waals surface area contributed by atoms with Crippen LogP contribution in [0, 0.1) is 6.92 Å². The third-order valence-corrected chi connectivity index (χ3v) is 6.88. The summed E-state index contributed by atoms with van der Waals surface area (Å²) in [6.07, 6.45) is 3.34. The van der Waals surface area contributed by atoms with Crippen LogP contribution in [0.1, 0.15) is 26.8 Å². The molecule has 140 valence electrons. The van der Waals surface area contributed by atoms with Gasteiger partial charge in [0.25, 0.3) is 5.91 Å². The highest BCUT2D eigenvalue weighted by atomic mass is 32.2. The highest BCUT2D eigenvalue weighted by molar-refractivity contribution is 7.89. The zero-order valence-corrected chi connectivity index (χ0v) is 15.9. The van der Waals surface area contributed by atoms with Gasteiger partial charge in [-0.05, 0) is 19.1 Å². The van der Waals surface area contributed by atoms with Crippen molar-refractivity contribution in [2.45, 2.75) is 24.8 Å². The molecule has 9 nitrogen and oxygen atoms in total. The van der Waals surface area contributed by atoms with Gasteiger partial charge in [0.2, 0.25) is 10.0 Å². The minimum absolute atomic E-state index is 0.160. The first-order chi connectivity index (χ1) is 12.9. The Labute approximate surface area is 159 Å². The zero-order chi connectivity index (χ0) is 19.0. The molecule has 0 aromatic carbocycles. The van der Waals surface area contributed by atoms with Crippen LogP contribution in [0.15, 0.2) is 40.0 Å². The molecule has 0 atom stereocenters. The van der Waals surface area contributed by atoms with Crippen molar-refractivity contribution < 1.29 is 17.7 Å². The molecule has 0 bridgehead atoms. The number of nitrogens with zero attached hydrogens (tertiary/aromatic N) is 4. The second-order valence-electron chi connectivity index (χ2n) is 5.94. The van der Waals surface area contributed by atoms with Crippen molar-refractivity contribution in [3.63, 3.8) is 0 Å². The normalized spacial score (nSPS) is 14.7. The van der Waals surface area contributed by atoms with E-state index in [9.17, 15) is 13.2 Å². The number of anilines is 1. The maximum Gasteiger partial charge on any atom is 0.279 e. The molecule has 3 aromatic heterocycles.